The van der Waals surface area contributed by atoms with E-state index in [0.717, 1.165) is 30.6 Å². The summed E-state index contributed by atoms with van der Waals surface area (Å²) in [5.74, 6) is 0.228. The molecule has 6 heteroatoms. The summed E-state index contributed by atoms with van der Waals surface area (Å²) < 4.78 is 0. The molecule has 0 aliphatic carbocycles. The van der Waals surface area contributed by atoms with Crippen molar-refractivity contribution in [2.45, 2.75) is 59.8 Å². The third-order valence-corrected chi connectivity index (χ3v) is 4.21. The number of anilines is 1. The van der Waals surface area contributed by atoms with Gasteiger partial charge in [-0.25, -0.2) is 4.98 Å². The summed E-state index contributed by atoms with van der Waals surface area (Å²) in [5, 5.41) is 3.36. The number of amides is 2. The highest BCUT2D eigenvalue weighted by Gasteiger charge is 2.18. The minimum absolute atomic E-state index is 0.0697. The largest absolute Gasteiger partial charge is 0.333 e. The molecule has 0 unspecified atom stereocenters. The van der Waals surface area contributed by atoms with Crippen molar-refractivity contribution < 1.29 is 9.59 Å². The molecule has 1 N–H and O–H groups in total. The molecule has 0 radical (unpaired) electrons. The number of aromatic nitrogens is 1. The Hall–Kier alpha value is -1.43. The molecule has 0 saturated heterocycles. The van der Waals surface area contributed by atoms with Gasteiger partial charge in [0.2, 0.25) is 11.8 Å². The van der Waals surface area contributed by atoms with Crippen LogP contribution in [0.15, 0.2) is 6.20 Å². The summed E-state index contributed by atoms with van der Waals surface area (Å²) in [4.78, 5) is 31.4. The number of rotatable bonds is 10. The van der Waals surface area contributed by atoms with Crippen LogP contribution in [0.1, 0.15) is 57.8 Å². The number of thiazole rings is 1. The van der Waals surface area contributed by atoms with Gasteiger partial charge in [0.15, 0.2) is 5.13 Å². The molecule has 0 aliphatic rings. The van der Waals surface area contributed by atoms with E-state index >= 15 is 0 Å². The molecule has 0 bridgehead atoms. The van der Waals surface area contributed by atoms with Crippen molar-refractivity contribution in [1.82, 2.24) is 9.88 Å². The van der Waals surface area contributed by atoms with Crippen LogP contribution in [-0.2, 0) is 9.59 Å². The first-order valence-corrected chi connectivity index (χ1v) is 9.24. The molecule has 1 aromatic rings. The number of carbonyl (C=O) groups excluding carboxylic acids is 2. The van der Waals surface area contributed by atoms with Crippen molar-refractivity contribution in [2.24, 2.45) is 5.92 Å². The Morgan fingerprint density at radius 3 is 2.61 bits per heavy atom. The van der Waals surface area contributed by atoms with E-state index in [1.54, 1.807) is 11.1 Å². The van der Waals surface area contributed by atoms with Gasteiger partial charge < -0.3 is 10.2 Å². The first kappa shape index (κ1) is 19.6. The quantitative estimate of drug-likeness (QED) is 0.659. The SMILES string of the molecule is CCCCCCC(=O)N(CC(=O)Nc1ncc(C)s1)CC(C)C. The second-order valence-electron chi connectivity index (χ2n) is 6.30. The van der Waals surface area contributed by atoms with Crippen molar-refractivity contribution >= 4 is 28.3 Å². The van der Waals surface area contributed by atoms with Crippen LogP contribution in [0, 0.1) is 12.8 Å². The second kappa shape index (κ2) is 10.4. The lowest BCUT2D eigenvalue weighted by Crippen LogP contribution is -2.40. The number of unbranched alkanes of at least 4 members (excludes halogenated alkanes) is 3. The van der Waals surface area contributed by atoms with Gasteiger partial charge in [-0.05, 0) is 19.3 Å². The van der Waals surface area contributed by atoms with Gasteiger partial charge in [0.05, 0.1) is 6.54 Å². The fraction of sp³-hybridized carbons (Fsp3) is 0.706. The number of hydrogen-bond donors (Lipinski definition) is 1. The van der Waals surface area contributed by atoms with E-state index < -0.39 is 0 Å². The summed E-state index contributed by atoms with van der Waals surface area (Å²) in [6, 6.07) is 0. The summed E-state index contributed by atoms with van der Waals surface area (Å²) in [7, 11) is 0. The fourth-order valence-electron chi connectivity index (χ4n) is 2.30. The zero-order valence-electron chi connectivity index (χ0n) is 14.7. The van der Waals surface area contributed by atoms with Crippen molar-refractivity contribution in [3.05, 3.63) is 11.1 Å². The lowest BCUT2D eigenvalue weighted by Gasteiger charge is -2.24. The van der Waals surface area contributed by atoms with Gasteiger partial charge in [0.1, 0.15) is 0 Å². The molecule has 0 aliphatic heterocycles. The molecular formula is C17H29N3O2S. The first-order chi connectivity index (χ1) is 10.9. The molecule has 0 spiro atoms. The van der Waals surface area contributed by atoms with E-state index in [4.69, 9.17) is 0 Å². The predicted octanol–water partition coefficient (Wildman–Crippen LogP) is 3.85. The monoisotopic (exact) mass is 339 g/mol. The van der Waals surface area contributed by atoms with Gasteiger partial charge in [-0.15, -0.1) is 11.3 Å². The highest BCUT2D eigenvalue weighted by atomic mass is 32.1. The van der Waals surface area contributed by atoms with E-state index in [1.165, 1.54) is 11.3 Å². The molecule has 0 fully saturated rings. The van der Waals surface area contributed by atoms with Crippen molar-refractivity contribution in [1.29, 1.82) is 0 Å². The molecular weight excluding hydrogens is 310 g/mol. The van der Waals surface area contributed by atoms with Gasteiger partial charge in [-0.1, -0.05) is 40.0 Å². The molecule has 1 heterocycles. The zero-order valence-corrected chi connectivity index (χ0v) is 15.5. The molecule has 130 valence electrons. The average Bonchev–Trinajstić information content (AvgIpc) is 2.87. The molecule has 0 aromatic carbocycles. The molecule has 0 saturated carbocycles. The first-order valence-electron chi connectivity index (χ1n) is 8.42. The van der Waals surface area contributed by atoms with Crippen molar-refractivity contribution in [2.75, 3.05) is 18.4 Å². The topological polar surface area (TPSA) is 62.3 Å². The Morgan fingerprint density at radius 2 is 2.04 bits per heavy atom. The fourth-order valence-corrected chi connectivity index (χ4v) is 2.98. The Labute approximate surface area is 143 Å². The van der Waals surface area contributed by atoms with Crippen LogP contribution >= 0.6 is 11.3 Å². The average molecular weight is 340 g/mol. The Morgan fingerprint density at radius 1 is 1.30 bits per heavy atom. The minimum Gasteiger partial charge on any atom is -0.333 e. The van der Waals surface area contributed by atoms with E-state index in [-0.39, 0.29) is 18.4 Å². The molecule has 5 nitrogen and oxygen atoms in total. The molecule has 23 heavy (non-hydrogen) atoms. The number of carbonyl (C=O) groups is 2. The Kier molecular flexibility index (Phi) is 8.84. The maximum Gasteiger partial charge on any atom is 0.245 e. The minimum atomic E-state index is -0.179. The third kappa shape index (κ3) is 8.11. The lowest BCUT2D eigenvalue weighted by atomic mass is 10.1. The van der Waals surface area contributed by atoms with Gasteiger partial charge >= 0.3 is 0 Å². The Bertz CT molecular complexity index is 500. The van der Waals surface area contributed by atoms with Gasteiger partial charge in [0.25, 0.3) is 0 Å². The highest BCUT2D eigenvalue weighted by molar-refractivity contribution is 7.15. The summed E-state index contributed by atoms with van der Waals surface area (Å²) >= 11 is 1.44. The van der Waals surface area contributed by atoms with Crippen LogP contribution in [0.5, 0.6) is 0 Å². The lowest BCUT2D eigenvalue weighted by molar-refractivity contribution is -0.135. The van der Waals surface area contributed by atoms with Crippen LogP contribution < -0.4 is 5.32 Å². The normalized spacial score (nSPS) is 10.8. The van der Waals surface area contributed by atoms with Gasteiger partial charge in [-0.2, -0.15) is 0 Å². The molecule has 0 atom stereocenters. The number of nitrogens with zero attached hydrogens (tertiary/aromatic N) is 2. The Balaban J connectivity index is 2.51. The van der Waals surface area contributed by atoms with Crippen molar-refractivity contribution in [3.63, 3.8) is 0 Å². The summed E-state index contributed by atoms with van der Waals surface area (Å²) in [6.45, 7) is 8.91. The standard InChI is InChI=1S/C17H29N3O2S/c1-5-6-7-8-9-16(22)20(11-13(2)3)12-15(21)19-17-18-10-14(4)23-17/h10,13H,5-9,11-12H2,1-4H3,(H,18,19,21). The highest BCUT2D eigenvalue weighted by Crippen LogP contribution is 2.16. The van der Waals surface area contributed by atoms with Crippen LogP contribution in [0.4, 0.5) is 5.13 Å². The number of nitrogens with one attached hydrogen (secondary N) is 1. The van der Waals surface area contributed by atoms with Crippen LogP contribution in [-0.4, -0.2) is 34.8 Å². The van der Waals surface area contributed by atoms with Crippen LogP contribution in [0.3, 0.4) is 0 Å². The third-order valence-electron chi connectivity index (χ3n) is 3.38. The van der Waals surface area contributed by atoms with Gasteiger partial charge in [-0.3, -0.25) is 9.59 Å². The second-order valence-corrected chi connectivity index (χ2v) is 7.54. The number of aryl methyl sites for hydroxylation is 1. The maximum absolute atomic E-state index is 12.4. The molecule has 1 rings (SSSR count). The van der Waals surface area contributed by atoms with Crippen LogP contribution in [0.25, 0.3) is 0 Å². The van der Waals surface area contributed by atoms with E-state index in [1.807, 2.05) is 6.92 Å². The zero-order chi connectivity index (χ0) is 17.2. The van der Waals surface area contributed by atoms with Crippen molar-refractivity contribution in [3.8, 4) is 0 Å². The summed E-state index contributed by atoms with van der Waals surface area (Å²) in [5.41, 5.74) is 0. The van der Waals surface area contributed by atoms with E-state index in [9.17, 15) is 9.59 Å². The smallest absolute Gasteiger partial charge is 0.245 e. The van der Waals surface area contributed by atoms with E-state index in [0.29, 0.717) is 24.0 Å². The predicted molar refractivity (Wildman–Crippen MR) is 95.7 cm³/mol. The summed E-state index contributed by atoms with van der Waals surface area (Å²) in [6.07, 6.45) is 6.53. The van der Waals surface area contributed by atoms with Gasteiger partial charge in [0, 0.05) is 24.0 Å². The maximum atomic E-state index is 12.4. The molecule has 2 amide bonds. The number of hydrogen-bond acceptors (Lipinski definition) is 4. The van der Waals surface area contributed by atoms with E-state index in [2.05, 4.69) is 31.1 Å². The molecule has 1 aromatic heterocycles. The van der Waals surface area contributed by atoms with Crippen LogP contribution in [0.2, 0.25) is 0 Å².